The van der Waals surface area contributed by atoms with Crippen molar-refractivity contribution in [2.45, 2.75) is 24.3 Å². The number of nitrogens with zero attached hydrogens (tertiary/aromatic N) is 2. The van der Waals surface area contributed by atoms with Crippen LogP contribution in [0.15, 0.2) is 47.4 Å². The van der Waals surface area contributed by atoms with Crippen LogP contribution in [0.25, 0.3) is 0 Å². The Balaban J connectivity index is 1.22. The van der Waals surface area contributed by atoms with Crippen molar-refractivity contribution in [1.29, 1.82) is 0 Å². The molecule has 2 aliphatic rings. The molecule has 0 saturated carbocycles. The number of sulfonamides is 1. The summed E-state index contributed by atoms with van der Waals surface area (Å²) in [6, 6.07) is 12.5. The average molecular weight is 490 g/mol. The minimum Gasteiger partial charge on any atom is -0.497 e. The first-order valence-electron chi connectivity index (χ1n) is 11.5. The van der Waals surface area contributed by atoms with Crippen LogP contribution in [0.3, 0.4) is 0 Å². The van der Waals surface area contributed by atoms with Gasteiger partial charge in [-0.3, -0.25) is 9.69 Å². The fourth-order valence-electron chi connectivity index (χ4n) is 3.99. The number of ether oxygens (including phenoxy) is 3. The first-order valence-corrected chi connectivity index (χ1v) is 13.0. The monoisotopic (exact) mass is 489 g/mol. The second-order valence-corrected chi connectivity index (χ2v) is 10.1. The maximum Gasteiger partial charge on any atom is 0.240 e. The van der Waals surface area contributed by atoms with E-state index in [4.69, 9.17) is 14.2 Å². The van der Waals surface area contributed by atoms with Gasteiger partial charge in [0.25, 0.3) is 0 Å². The summed E-state index contributed by atoms with van der Waals surface area (Å²) in [6.07, 6.45) is 0.856. The third kappa shape index (κ3) is 6.19. The van der Waals surface area contributed by atoms with Crippen LogP contribution in [-0.4, -0.2) is 77.2 Å². The highest BCUT2D eigenvalue weighted by molar-refractivity contribution is 7.89. The summed E-state index contributed by atoms with van der Waals surface area (Å²) >= 11 is 0. The highest BCUT2D eigenvalue weighted by Gasteiger charge is 2.23. The predicted octanol–water partition coefficient (Wildman–Crippen LogP) is 1.87. The van der Waals surface area contributed by atoms with Gasteiger partial charge in [-0.25, -0.2) is 13.1 Å². The topological polar surface area (TPSA) is 97.4 Å². The molecule has 2 aromatic carbocycles. The van der Waals surface area contributed by atoms with Crippen LogP contribution in [-0.2, 0) is 21.4 Å². The zero-order valence-corrected chi connectivity index (χ0v) is 20.2. The molecule has 0 radical (unpaired) electrons. The maximum atomic E-state index is 12.7. The molecule has 2 heterocycles. The van der Waals surface area contributed by atoms with Crippen LogP contribution >= 0.6 is 0 Å². The van der Waals surface area contributed by atoms with Gasteiger partial charge in [-0.1, -0.05) is 12.1 Å². The van der Waals surface area contributed by atoms with E-state index in [2.05, 4.69) is 9.62 Å². The number of methoxy groups -OCH3 is 1. The molecule has 0 atom stereocenters. The summed E-state index contributed by atoms with van der Waals surface area (Å²) in [5, 5.41) is 0. The second kappa shape index (κ2) is 11.1. The van der Waals surface area contributed by atoms with Gasteiger partial charge in [-0.05, 0) is 29.8 Å². The maximum absolute atomic E-state index is 12.7. The molecule has 34 heavy (non-hydrogen) atoms. The van der Waals surface area contributed by atoms with E-state index in [1.54, 1.807) is 18.1 Å². The summed E-state index contributed by atoms with van der Waals surface area (Å²) in [7, 11) is -2.11. The first kappa shape index (κ1) is 24.3. The molecule has 0 aromatic heterocycles. The number of amides is 1. The number of rotatable bonds is 8. The van der Waals surface area contributed by atoms with E-state index in [1.165, 1.54) is 17.7 Å². The van der Waals surface area contributed by atoms with Crippen molar-refractivity contribution in [3.8, 4) is 17.2 Å². The van der Waals surface area contributed by atoms with Gasteiger partial charge in [0.1, 0.15) is 5.75 Å². The first-order chi connectivity index (χ1) is 16.4. The third-order valence-electron chi connectivity index (χ3n) is 5.95. The van der Waals surface area contributed by atoms with E-state index < -0.39 is 10.0 Å². The lowest BCUT2D eigenvalue weighted by atomic mass is 10.2. The smallest absolute Gasteiger partial charge is 0.240 e. The molecule has 1 saturated heterocycles. The summed E-state index contributed by atoms with van der Waals surface area (Å²) < 4.78 is 44.2. The van der Waals surface area contributed by atoms with Crippen LogP contribution in [0.4, 0.5) is 0 Å². The van der Waals surface area contributed by atoms with Gasteiger partial charge in [0.2, 0.25) is 15.9 Å². The molecule has 0 spiro atoms. The standard InChI is InChI=1S/C24H31N3O6S/c1-31-20-5-3-19(4-6-20)18-26-11-13-27(14-12-26)24(28)9-10-25-34(29,30)21-7-8-22-23(17-21)33-16-2-15-32-22/h3-8,17,25H,2,9-16,18H2,1H3. The van der Waals surface area contributed by atoms with Crippen molar-refractivity contribution in [2.24, 2.45) is 0 Å². The second-order valence-electron chi connectivity index (χ2n) is 8.31. The molecule has 9 nitrogen and oxygen atoms in total. The van der Waals surface area contributed by atoms with Crippen molar-refractivity contribution in [1.82, 2.24) is 14.5 Å². The van der Waals surface area contributed by atoms with Crippen LogP contribution in [0, 0.1) is 0 Å². The number of fused-ring (bicyclic) bond motifs is 1. The van der Waals surface area contributed by atoms with Crippen molar-refractivity contribution in [3.63, 3.8) is 0 Å². The minimum absolute atomic E-state index is 0.0433. The van der Waals surface area contributed by atoms with Gasteiger partial charge >= 0.3 is 0 Å². The minimum atomic E-state index is -3.75. The lowest BCUT2D eigenvalue weighted by molar-refractivity contribution is -0.132. The molecule has 0 bridgehead atoms. The molecule has 2 aliphatic heterocycles. The van der Waals surface area contributed by atoms with Crippen molar-refractivity contribution >= 4 is 15.9 Å². The van der Waals surface area contributed by atoms with Crippen LogP contribution < -0.4 is 18.9 Å². The summed E-state index contributed by atoms with van der Waals surface area (Å²) in [4.78, 5) is 16.8. The number of benzene rings is 2. The van der Waals surface area contributed by atoms with Crippen molar-refractivity contribution < 1.29 is 27.4 Å². The van der Waals surface area contributed by atoms with Gasteiger partial charge in [0, 0.05) is 58.2 Å². The number of piperazine rings is 1. The quantitative estimate of drug-likeness (QED) is 0.605. The normalized spacial score (nSPS) is 16.7. The van der Waals surface area contributed by atoms with Crippen molar-refractivity contribution in [2.75, 3.05) is 53.0 Å². The van der Waals surface area contributed by atoms with E-state index >= 15 is 0 Å². The molecular formula is C24H31N3O6S. The van der Waals surface area contributed by atoms with E-state index in [1.807, 2.05) is 24.3 Å². The van der Waals surface area contributed by atoms with E-state index in [0.717, 1.165) is 31.8 Å². The van der Waals surface area contributed by atoms with E-state index in [-0.39, 0.29) is 23.8 Å². The summed E-state index contributed by atoms with van der Waals surface area (Å²) in [6.45, 7) is 4.69. The molecule has 0 aliphatic carbocycles. The Kier molecular flexibility index (Phi) is 7.91. The molecule has 4 rings (SSSR count). The fourth-order valence-corrected chi connectivity index (χ4v) is 5.04. The Morgan fingerprint density at radius 1 is 1.00 bits per heavy atom. The Morgan fingerprint density at radius 3 is 2.41 bits per heavy atom. The average Bonchev–Trinajstić information content (AvgIpc) is 3.10. The third-order valence-corrected chi connectivity index (χ3v) is 7.41. The lowest BCUT2D eigenvalue weighted by Crippen LogP contribution is -2.48. The Bertz CT molecular complexity index is 1080. The highest BCUT2D eigenvalue weighted by atomic mass is 32.2. The van der Waals surface area contributed by atoms with Gasteiger partial charge in [-0.2, -0.15) is 0 Å². The largest absolute Gasteiger partial charge is 0.497 e. The summed E-state index contributed by atoms with van der Waals surface area (Å²) in [5.41, 5.74) is 1.20. The van der Waals surface area contributed by atoms with Crippen LogP contribution in [0.1, 0.15) is 18.4 Å². The number of hydrogen-bond donors (Lipinski definition) is 1. The van der Waals surface area contributed by atoms with Crippen molar-refractivity contribution in [3.05, 3.63) is 48.0 Å². The predicted molar refractivity (Wildman–Crippen MR) is 127 cm³/mol. The van der Waals surface area contributed by atoms with Gasteiger partial charge < -0.3 is 19.1 Å². The van der Waals surface area contributed by atoms with E-state index in [9.17, 15) is 13.2 Å². The SMILES string of the molecule is COc1ccc(CN2CCN(C(=O)CCNS(=O)(=O)c3ccc4c(c3)OCCCO4)CC2)cc1. The number of hydrogen-bond acceptors (Lipinski definition) is 7. The molecule has 0 unspecified atom stereocenters. The molecule has 1 fully saturated rings. The van der Waals surface area contributed by atoms with Gasteiger partial charge in [-0.15, -0.1) is 0 Å². The summed E-state index contributed by atoms with van der Waals surface area (Å²) in [5.74, 6) is 1.74. The number of nitrogens with one attached hydrogen (secondary N) is 1. The molecule has 184 valence electrons. The Morgan fingerprint density at radius 2 is 1.71 bits per heavy atom. The van der Waals surface area contributed by atoms with E-state index in [0.29, 0.717) is 37.8 Å². The Labute approximate surface area is 200 Å². The highest BCUT2D eigenvalue weighted by Crippen LogP contribution is 2.31. The van der Waals surface area contributed by atoms with Gasteiger partial charge in [0.05, 0.1) is 25.2 Å². The van der Waals surface area contributed by atoms with Crippen LogP contribution in [0.5, 0.6) is 17.2 Å². The lowest BCUT2D eigenvalue weighted by Gasteiger charge is -2.34. The molecule has 1 amide bonds. The Hall–Kier alpha value is -2.82. The van der Waals surface area contributed by atoms with Gasteiger partial charge in [0.15, 0.2) is 11.5 Å². The van der Waals surface area contributed by atoms with Crippen LogP contribution in [0.2, 0.25) is 0 Å². The number of carbonyl (C=O) groups excluding carboxylic acids is 1. The molecular weight excluding hydrogens is 458 g/mol. The zero-order chi connectivity index (χ0) is 24.0. The molecule has 2 aromatic rings. The molecule has 10 heteroatoms. The fraction of sp³-hybridized carbons (Fsp3) is 0.458. The number of carbonyl (C=O) groups is 1. The zero-order valence-electron chi connectivity index (χ0n) is 19.4. The molecule has 1 N–H and O–H groups in total.